The number of carbonyl (C=O) groups excluding carboxylic acids is 1. The van der Waals surface area contributed by atoms with Crippen molar-refractivity contribution in [2.45, 2.75) is 12.2 Å². The van der Waals surface area contributed by atoms with Crippen LogP contribution in [0.25, 0.3) is 0 Å². The van der Waals surface area contributed by atoms with E-state index >= 15 is 0 Å². The monoisotopic (exact) mass is 425 g/mol. The molecule has 0 aliphatic carbocycles. The number of nitrogens with zero attached hydrogens (tertiary/aromatic N) is 1. The minimum Gasteiger partial charge on any atom is -0.468 e. The van der Waals surface area contributed by atoms with Crippen LogP contribution in [0.15, 0.2) is 54.4 Å². The van der Waals surface area contributed by atoms with Gasteiger partial charge in [-0.2, -0.15) is 13.2 Å². The van der Waals surface area contributed by atoms with E-state index < -0.39 is 30.5 Å². The van der Waals surface area contributed by atoms with Crippen LogP contribution in [-0.2, 0) is 9.53 Å². The van der Waals surface area contributed by atoms with Gasteiger partial charge < -0.3 is 10.1 Å². The highest BCUT2D eigenvalue weighted by Crippen LogP contribution is 2.33. The van der Waals surface area contributed by atoms with Crippen molar-refractivity contribution in [3.63, 3.8) is 0 Å². The number of anilines is 2. The first-order valence-corrected chi connectivity index (χ1v) is 8.60. The van der Waals surface area contributed by atoms with Crippen LogP contribution in [-0.4, -0.2) is 32.6 Å². The molecule has 0 saturated carbocycles. The normalized spacial score (nSPS) is 16.5. The number of carbonyl (C=O) groups is 1. The molecule has 0 bridgehead atoms. The van der Waals surface area contributed by atoms with Gasteiger partial charge in [0.15, 0.2) is 6.61 Å². The third-order valence-electron chi connectivity index (χ3n) is 3.86. The first-order valence-electron chi connectivity index (χ1n) is 8.22. The Kier molecular flexibility index (Phi) is 6.04. The Morgan fingerprint density at radius 3 is 2.66 bits per heavy atom. The maximum absolute atomic E-state index is 13.8. The van der Waals surface area contributed by atoms with Gasteiger partial charge in [-0.25, -0.2) is 14.8 Å². The molecular weight excluding hydrogens is 412 g/mol. The molecule has 1 unspecified atom stereocenters. The van der Waals surface area contributed by atoms with E-state index in [1.807, 2.05) is 0 Å². The number of nitrogens with one attached hydrogen (secondary N) is 2. The van der Waals surface area contributed by atoms with Gasteiger partial charge >= 0.3 is 6.18 Å². The number of amides is 1. The van der Waals surface area contributed by atoms with Crippen LogP contribution in [0, 0.1) is 5.82 Å². The summed E-state index contributed by atoms with van der Waals surface area (Å²) in [5.41, 5.74) is 2.47. The van der Waals surface area contributed by atoms with E-state index in [9.17, 15) is 22.4 Å². The average molecular weight is 426 g/mol. The molecule has 0 fully saturated rings. The van der Waals surface area contributed by atoms with E-state index in [4.69, 9.17) is 24.2 Å². The lowest BCUT2D eigenvalue weighted by molar-refractivity contribution is -0.142. The molecule has 1 amide bonds. The number of halogens is 5. The Bertz CT molecular complexity index is 955. The highest BCUT2D eigenvalue weighted by atomic mass is 35.5. The Hall–Kier alpha value is -2.72. The molecule has 2 N–H and O–H groups in total. The molecule has 29 heavy (non-hydrogen) atoms. The molecule has 1 aliphatic heterocycles. The molecule has 150 valence electrons. The van der Waals surface area contributed by atoms with Crippen molar-refractivity contribution in [2.75, 3.05) is 16.9 Å². The van der Waals surface area contributed by atoms with Gasteiger partial charge in [0.05, 0.1) is 16.4 Å². The largest absolute Gasteiger partial charge is 0.468 e. The maximum atomic E-state index is 13.8. The third kappa shape index (κ3) is 5.01. The Morgan fingerprint density at radius 2 is 2.00 bits per heavy atom. The highest BCUT2D eigenvalue weighted by molar-refractivity contribution is 6.33. The Balaban J connectivity index is 1.73. The molecule has 2 radical (unpaired) electrons. The minimum atomic E-state index is -4.60. The first kappa shape index (κ1) is 21.0. The summed E-state index contributed by atoms with van der Waals surface area (Å²) in [5.74, 6) is -1.80. The molecule has 2 aromatic rings. The van der Waals surface area contributed by atoms with E-state index in [-0.39, 0.29) is 27.7 Å². The zero-order chi connectivity index (χ0) is 21.2. The van der Waals surface area contributed by atoms with Crippen molar-refractivity contribution in [3.8, 4) is 0 Å². The van der Waals surface area contributed by atoms with Crippen LogP contribution in [0.3, 0.4) is 0 Å². The van der Waals surface area contributed by atoms with E-state index in [1.165, 1.54) is 24.3 Å². The Morgan fingerprint density at radius 1 is 1.28 bits per heavy atom. The molecule has 2 aromatic carbocycles. The predicted molar refractivity (Wildman–Crippen MR) is 101 cm³/mol. The summed E-state index contributed by atoms with van der Waals surface area (Å²) in [6.07, 6.45) is -3.82. The second-order valence-electron chi connectivity index (χ2n) is 6.02. The summed E-state index contributed by atoms with van der Waals surface area (Å²) >= 11 is 6.05. The van der Waals surface area contributed by atoms with Gasteiger partial charge in [0, 0.05) is 6.08 Å². The van der Waals surface area contributed by atoms with Crippen LogP contribution < -0.4 is 21.2 Å². The lowest BCUT2D eigenvalue weighted by Gasteiger charge is -2.25. The van der Waals surface area contributed by atoms with Crippen LogP contribution >= 0.6 is 11.6 Å². The second-order valence-corrected chi connectivity index (χ2v) is 6.42. The molecule has 0 spiro atoms. The zero-order valence-corrected chi connectivity index (χ0v) is 15.4. The molecular formula is C18H13BClF4N3O2. The highest BCUT2D eigenvalue weighted by Gasteiger charge is 2.44. The van der Waals surface area contributed by atoms with Crippen molar-refractivity contribution in [2.24, 2.45) is 0 Å². The van der Waals surface area contributed by atoms with Gasteiger partial charge in [0.25, 0.3) is 5.91 Å². The number of rotatable bonds is 5. The molecule has 1 aliphatic rings. The molecule has 0 aromatic heterocycles. The third-order valence-corrected chi connectivity index (χ3v) is 4.18. The molecule has 0 saturated heterocycles. The smallest absolute Gasteiger partial charge is 0.409 e. The Labute approximate surface area is 169 Å². The van der Waals surface area contributed by atoms with Gasteiger partial charge in [-0.05, 0) is 24.3 Å². The van der Waals surface area contributed by atoms with E-state index in [2.05, 4.69) is 10.7 Å². The zero-order valence-electron chi connectivity index (χ0n) is 14.6. The lowest BCUT2D eigenvalue weighted by atomic mass is 9.96. The van der Waals surface area contributed by atoms with Crippen molar-refractivity contribution in [3.05, 3.63) is 65.3 Å². The maximum Gasteiger partial charge on any atom is 0.409 e. The van der Waals surface area contributed by atoms with Crippen LogP contribution in [0.5, 0.6) is 0 Å². The van der Waals surface area contributed by atoms with Crippen molar-refractivity contribution in [1.82, 2.24) is 5.43 Å². The molecule has 5 nitrogen and oxygen atoms in total. The van der Waals surface area contributed by atoms with Crippen molar-refractivity contribution in [1.29, 1.82) is 0 Å². The summed E-state index contributed by atoms with van der Waals surface area (Å²) in [6, 6.07) is 7.80. The van der Waals surface area contributed by atoms with E-state index in [0.29, 0.717) is 0 Å². The van der Waals surface area contributed by atoms with E-state index in [1.54, 1.807) is 12.1 Å². The topological polar surface area (TPSA) is 53.6 Å². The summed E-state index contributed by atoms with van der Waals surface area (Å²) in [4.78, 5) is 12.0. The fourth-order valence-corrected chi connectivity index (χ4v) is 2.74. The number of benzene rings is 2. The number of hydrogen-bond donors (Lipinski definition) is 2. The van der Waals surface area contributed by atoms with Crippen molar-refractivity contribution < 1.29 is 27.1 Å². The average Bonchev–Trinajstić information content (AvgIpc) is 3.07. The van der Waals surface area contributed by atoms with Crippen LogP contribution in [0.1, 0.15) is 0 Å². The first-order chi connectivity index (χ1) is 13.6. The summed E-state index contributed by atoms with van der Waals surface area (Å²) in [7, 11) is 5.43. The summed E-state index contributed by atoms with van der Waals surface area (Å²) < 4.78 is 58.4. The lowest BCUT2D eigenvalue weighted by Crippen LogP contribution is -2.45. The minimum absolute atomic E-state index is 0.137. The van der Waals surface area contributed by atoms with E-state index in [0.717, 1.165) is 17.2 Å². The van der Waals surface area contributed by atoms with Crippen molar-refractivity contribution >= 4 is 42.2 Å². The molecule has 11 heteroatoms. The van der Waals surface area contributed by atoms with Gasteiger partial charge in [0.2, 0.25) is 5.88 Å². The molecule has 3 rings (SSSR count). The fraction of sp³-hybridized carbons (Fsp3) is 0.167. The quantitative estimate of drug-likeness (QED) is 0.571. The number of para-hydroxylation sites is 1. The number of ether oxygens (including phenoxy) is 1. The molecule has 1 atom stereocenters. The fourth-order valence-electron chi connectivity index (χ4n) is 2.52. The SMILES string of the molecule is [B]c1ccc(NC(=O)COC2=CC(C(F)(F)F)NN2c2ccccc2Cl)c(F)c1. The van der Waals surface area contributed by atoms with Gasteiger partial charge in [-0.1, -0.05) is 35.3 Å². The van der Waals surface area contributed by atoms with Crippen LogP contribution in [0.4, 0.5) is 28.9 Å². The van der Waals surface area contributed by atoms with Gasteiger partial charge in [-0.3, -0.25) is 4.79 Å². The second kappa shape index (κ2) is 8.34. The predicted octanol–water partition coefficient (Wildman–Crippen LogP) is 3.03. The number of alkyl halides is 3. The van der Waals surface area contributed by atoms with Gasteiger partial charge in [-0.15, -0.1) is 0 Å². The van der Waals surface area contributed by atoms with Gasteiger partial charge in [0.1, 0.15) is 19.7 Å². The standard InChI is InChI=1S/C18H13BClF4N3O2/c19-10-5-6-13(12(21)7-10)25-16(28)9-29-17-8-15(18(22,23)24)26-27(17)14-4-2-1-3-11(14)20/h1-8,15,26H,9H2,(H,25,28). The van der Waals surface area contributed by atoms with Crippen LogP contribution in [0.2, 0.25) is 5.02 Å². The molecule has 1 heterocycles. The summed E-state index contributed by atoms with van der Waals surface area (Å²) in [6.45, 7) is -0.664. The number of hydrogen-bond acceptors (Lipinski definition) is 4. The summed E-state index contributed by atoms with van der Waals surface area (Å²) in [5, 5.41) is 3.43. The number of hydrazine groups is 1.